The summed E-state index contributed by atoms with van der Waals surface area (Å²) in [4.78, 5) is 0. The van der Waals surface area contributed by atoms with E-state index in [0.717, 1.165) is 16.7 Å². The number of nitrogens with zero attached hydrogens (tertiary/aromatic N) is 2. The summed E-state index contributed by atoms with van der Waals surface area (Å²) in [6.07, 6.45) is -2.11. The molecule has 1 saturated carbocycles. The molecule has 2 aliphatic rings. The van der Waals surface area contributed by atoms with Crippen molar-refractivity contribution in [2.75, 3.05) is 0 Å². The number of benzene rings is 1. The lowest BCUT2D eigenvalue weighted by molar-refractivity contribution is -0.141. The Hall–Kier alpha value is -1.25. The van der Waals surface area contributed by atoms with Crippen LogP contribution in [0.25, 0.3) is 10.9 Å². The molecule has 1 saturated heterocycles. The van der Waals surface area contributed by atoms with Crippen LogP contribution < -0.4 is 0 Å². The molecule has 4 rings (SSSR count). The molecular weight excluding hydrogens is 379 g/mol. The molecule has 1 aliphatic heterocycles. The Morgan fingerprint density at radius 3 is 2.44 bits per heavy atom. The van der Waals surface area contributed by atoms with E-state index >= 15 is 0 Å². The van der Waals surface area contributed by atoms with Crippen LogP contribution in [-0.2, 0) is 15.9 Å². The van der Waals surface area contributed by atoms with Gasteiger partial charge in [-0.1, -0.05) is 11.6 Å². The van der Waals surface area contributed by atoms with Gasteiger partial charge in [-0.15, -0.1) is 0 Å². The van der Waals surface area contributed by atoms with Crippen LogP contribution in [0.4, 0.5) is 13.2 Å². The summed E-state index contributed by atoms with van der Waals surface area (Å²) in [6, 6.07) is 3.58. The maximum absolute atomic E-state index is 12.8. The normalized spacial score (nSPS) is 26.7. The molecule has 2 atom stereocenters. The second-order valence-electron chi connectivity index (χ2n) is 8.48. The smallest absolute Gasteiger partial charge is 0.403 e. The zero-order valence-electron chi connectivity index (χ0n) is 15.6. The van der Waals surface area contributed by atoms with E-state index in [1.165, 1.54) is 6.20 Å². The van der Waals surface area contributed by atoms with Crippen LogP contribution in [0.15, 0.2) is 18.3 Å². The first kappa shape index (κ1) is 19.1. The number of aromatic nitrogens is 2. The van der Waals surface area contributed by atoms with Crippen molar-refractivity contribution < 1.29 is 22.5 Å². The molecule has 1 aliphatic carbocycles. The summed E-state index contributed by atoms with van der Waals surface area (Å²) in [6.45, 7) is 6.87. The Labute approximate surface area is 161 Å². The minimum Gasteiger partial charge on any atom is -0.403 e. The largest absolute Gasteiger partial charge is 0.461 e. The summed E-state index contributed by atoms with van der Waals surface area (Å²) >= 11 is 6.32. The zero-order valence-corrected chi connectivity index (χ0v) is 16.4. The first-order valence-electron chi connectivity index (χ1n) is 8.95. The Balaban J connectivity index is 1.60. The third-order valence-electron chi connectivity index (χ3n) is 5.95. The molecule has 0 bridgehead atoms. The fourth-order valence-corrected chi connectivity index (χ4v) is 3.90. The number of alkyl halides is 3. The molecule has 0 amide bonds. The lowest BCUT2D eigenvalue weighted by Gasteiger charge is -2.32. The number of hydrogen-bond acceptors (Lipinski definition) is 3. The van der Waals surface area contributed by atoms with Gasteiger partial charge in [0.05, 0.1) is 27.9 Å². The fraction of sp³-hybridized carbons (Fsp3) is 0.611. The molecule has 0 spiro atoms. The highest BCUT2D eigenvalue weighted by Crippen LogP contribution is 2.59. The van der Waals surface area contributed by atoms with E-state index in [1.54, 1.807) is 6.07 Å². The predicted octanol–water partition coefficient (Wildman–Crippen LogP) is 5.20. The monoisotopic (exact) mass is 400 g/mol. The molecule has 0 N–H and O–H groups in total. The third-order valence-corrected chi connectivity index (χ3v) is 6.27. The average Bonchev–Trinajstić information content (AvgIpc) is 3.16. The topological polar surface area (TPSA) is 36.3 Å². The van der Waals surface area contributed by atoms with Crippen molar-refractivity contribution in [3.05, 3.63) is 28.9 Å². The molecule has 9 heteroatoms. The molecule has 1 unspecified atom stereocenters. The first-order valence-corrected chi connectivity index (χ1v) is 9.33. The molecule has 4 nitrogen and oxygen atoms in total. The van der Waals surface area contributed by atoms with Crippen molar-refractivity contribution in [3.8, 4) is 0 Å². The van der Waals surface area contributed by atoms with E-state index in [1.807, 2.05) is 33.8 Å². The number of halogens is 4. The number of fused-ring (bicyclic) bond motifs is 1. The Morgan fingerprint density at radius 1 is 1.22 bits per heavy atom. The molecule has 2 fully saturated rings. The van der Waals surface area contributed by atoms with Gasteiger partial charge >= 0.3 is 13.3 Å². The van der Waals surface area contributed by atoms with Crippen LogP contribution in [0.3, 0.4) is 0 Å². The maximum atomic E-state index is 12.8. The minimum atomic E-state index is -4.34. The standard InChI is InChI=1S/C18H21BClF3N2O2/c1-16(2)17(3,4)27-19(26-16)13-7-11(13)10-5-14(20)12-8-24-25(15(12)6-10)9-18(21,22)23/h5-6,8,11,13H,7,9H2,1-4H3/t11-,13?/m1/s1. The van der Waals surface area contributed by atoms with Gasteiger partial charge in [-0.05, 0) is 57.7 Å². The summed E-state index contributed by atoms with van der Waals surface area (Å²) in [7, 11) is -0.324. The van der Waals surface area contributed by atoms with Gasteiger partial charge in [-0.2, -0.15) is 18.3 Å². The van der Waals surface area contributed by atoms with E-state index in [0.29, 0.717) is 15.9 Å². The summed E-state index contributed by atoms with van der Waals surface area (Å²) < 4.78 is 51.6. The number of hydrogen-bond donors (Lipinski definition) is 0. The third kappa shape index (κ3) is 3.36. The summed E-state index contributed by atoms with van der Waals surface area (Å²) in [5, 5.41) is 4.80. The zero-order chi connectivity index (χ0) is 19.8. The van der Waals surface area contributed by atoms with Gasteiger partial charge in [0, 0.05) is 11.2 Å². The highest BCUT2D eigenvalue weighted by Gasteiger charge is 2.59. The lowest BCUT2D eigenvalue weighted by Crippen LogP contribution is -2.41. The van der Waals surface area contributed by atoms with Crippen molar-refractivity contribution >= 4 is 29.6 Å². The fourth-order valence-electron chi connectivity index (χ4n) is 3.63. The quantitative estimate of drug-likeness (QED) is 0.664. The van der Waals surface area contributed by atoms with Crippen molar-refractivity contribution in [3.63, 3.8) is 0 Å². The molecule has 27 heavy (non-hydrogen) atoms. The van der Waals surface area contributed by atoms with E-state index in [2.05, 4.69) is 5.10 Å². The van der Waals surface area contributed by atoms with Crippen LogP contribution >= 0.6 is 11.6 Å². The molecule has 146 valence electrons. The summed E-state index contributed by atoms with van der Waals surface area (Å²) in [5.41, 5.74) is 0.487. The molecule has 1 aromatic carbocycles. The second-order valence-corrected chi connectivity index (χ2v) is 8.89. The summed E-state index contributed by atoms with van der Waals surface area (Å²) in [5.74, 6) is 0.314. The second kappa shape index (κ2) is 5.88. The highest BCUT2D eigenvalue weighted by molar-refractivity contribution is 6.49. The molecule has 2 aromatic rings. The Morgan fingerprint density at radius 2 is 1.85 bits per heavy atom. The average molecular weight is 401 g/mol. The van der Waals surface area contributed by atoms with E-state index in [9.17, 15) is 13.2 Å². The van der Waals surface area contributed by atoms with Crippen molar-refractivity contribution in [1.82, 2.24) is 9.78 Å². The highest BCUT2D eigenvalue weighted by atomic mass is 35.5. The predicted molar refractivity (Wildman–Crippen MR) is 98.0 cm³/mol. The van der Waals surface area contributed by atoms with Crippen molar-refractivity contribution in [2.24, 2.45) is 0 Å². The molecule has 0 radical (unpaired) electrons. The van der Waals surface area contributed by atoms with E-state index in [-0.39, 0.29) is 18.9 Å². The lowest BCUT2D eigenvalue weighted by atomic mass is 9.79. The SMILES string of the molecule is CC1(C)OB(C2C[C@@H]2c2cc(Cl)c3cnn(CC(F)(F)F)c3c2)OC1(C)C. The van der Waals surface area contributed by atoms with E-state index < -0.39 is 23.9 Å². The minimum absolute atomic E-state index is 0.149. The maximum Gasteiger partial charge on any atom is 0.461 e. The van der Waals surface area contributed by atoms with Crippen molar-refractivity contribution in [2.45, 2.75) is 69.8 Å². The molecule has 2 heterocycles. The van der Waals surface area contributed by atoms with Crippen LogP contribution in [0.1, 0.15) is 45.6 Å². The van der Waals surface area contributed by atoms with Crippen LogP contribution in [0.2, 0.25) is 10.8 Å². The van der Waals surface area contributed by atoms with Crippen LogP contribution in [0.5, 0.6) is 0 Å². The van der Waals surface area contributed by atoms with Gasteiger partial charge in [-0.3, -0.25) is 4.68 Å². The van der Waals surface area contributed by atoms with Gasteiger partial charge in [0.15, 0.2) is 0 Å². The van der Waals surface area contributed by atoms with Gasteiger partial charge in [0.1, 0.15) is 6.54 Å². The van der Waals surface area contributed by atoms with Gasteiger partial charge in [0.2, 0.25) is 0 Å². The number of rotatable bonds is 3. The Kier molecular flexibility index (Phi) is 4.15. The van der Waals surface area contributed by atoms with Crippen molar-refractivity contribution in [1.29, 1.82) is 0 Å². The molecular formula is C18H21BClF3N2O2. The van der Waals surface area contributed by atoms with Gasteiger partial charge < -0.3 is 9.31 Å². The van der Waals surface area contributed by atoms with Crippen LogP contribution in [-0.4, -0.2) is 34.3 Å². The van der Waals surface area contributed by atoms with E-state index in [4.69, 9.17) is 20.9 Å². The first-order chi connectivity index (χ1) is 12.4. The van der Waals surface area contributed by atoms with Gasteiger partial charge in [0.25, 0.3) is 0 Å². The molecule has 1 aromatic heterocycles. The van der Waals surface area contributed by atoms with Crippen LogP contribution in [0, 0.1) is 0 Å². The Bertz CT molecular complexity index is 881. The van der Waals surface area contributed by atoms with Gasteiger partial charge in [-0.25, -0.2) is 0 Å².